The van der Waals surface area contributed by atoms with Crippen molar-refractivity contribution in [1.82, 2.24) is 9.88 Å². The van der Waals surface area contributed by atoms with Gasteiger partial charge in [-0.2, -0.15) is 0 Å². The number of hydrogen-bond acceptors (Lipinski definition) is 5. The Hall–Kier alpha value is -2.67. The minimum atomic E-state index is -0.465. The number of carbonyl (C=O) groups is 2. The summed E-state index contributed by atoms with van der Waals surface area (Å²) in [5.41, 5.74) is 2.52. The zero-order valence-corrected chi connectivity index (χ0v) is 19.0. The zero-order chi connectivity index (χ0) is 22.8. The quantitative estimate of drug-likeness (QED) is 0.644. The first-order valence-corrected chi connectivity index (χ1v) is 11.2. The third-order valence-electron chi connectivity index (χ3n) is 7.08. The van der Waals surface area contributed by atoms with Crippen LogP contribution in [0.5, 0.6) is 0 Å². The van der Waals surface area contributed by atoms with Crippen LogP contribution in [0, 0.1) is 23.6 Å². The maximum absolute atomic E-state index is 14.0. The number of methoxy groups -OCH3 is 1. The molecule has 3 aliphatic rings. The Kier molecular flexibility index (Phi) is 4.93. The van der Waals surface area contributed by atoms with E-state index in [9.17, 15) is 14.0 Å². The number of nitrogens with zero attached hydrogens (tertiary/aromatic N) is 3. The molecule has 0 bridgehead atoms. The van der Waals surface area contributed by atoms with Crippen molar-refractivity contribution in [3.8, 4) is 0 Å². The number of ether oxygens (including phenoxy) is 1. The first kappa shape index (κ1) is 21.2. The van der Waals surface area contributed by atoms with Gasteiger partial charge in [0.1, 0.15) is 11.5 Å². The molecule has 0 N–H and O–H groups in total. The molecule has 32 heavy (non-hydrogen) atoms. The third kappa shape index (κ3) is 3.43. The van der Waals surface area contributed by atoms with Crippen LogP contribution in [0.3, 0.4) is 0 Å². The Morgan fingerprint density at radius 1 is 1.22 bits per heavy atom. The van der Waals surface area contributed by atoms with Crippen LogP contribution in [0.15, 0.2) is 30.3 Å². The first-order valence-electron chi connectivity index (χ1n) is 10.8. The van der Waals surface area contributed by atoms with E-state index in [1.165, 1.54) is 13.2 Å². The Morgan fingerprint density at radius 3 is 2.59 bits per heavy atom. The average Bonchev–Trinajstić information content (AvgIpc) is 3.10. The molecule has 2 aromatic rings. The van der Waals surface area contributed by atoms with Crippen molar-refractivity contribution in [2.24, 2.45) is 17.8 Å². The van der Waals surface area contributed by atoms with Crippen molar-refractivity contribution in [2.45, 2.75) is 25.7 Å². The number of benzene rings is 1. The summed E-state index contributed by atoms with van der Waals surface area (Å²) in [6.45, 7) is 6.08. The highest BCUT2D eigenvalue weighted by molar-refractivity contribution is 6.30. The number of carbonyl (C=O) groups excluding carboxylic acids is 2. The first-order chi connectivity index (χ1) is 15.2. The normalized spacial score (nSPS) is 24.8. The van der Waals surface area contributed by atoms with Crippen LogP contribution in [0.2, 0.25) is 5.02 Å². The lowest BCUT2D eigenvalue weighted by molar-refractivity contribution is -0.141. The fourth-order valence-corrected chi connectivity index (χ4v) is 5.40. The molecule has 168 valence electrons. The summed E-state index contributed by atoms with van der Waals surface area (Å²) < 4.78 is 18.8. The van der Waals surface area contributed by atoms with Gasteiger partial charge in [-0.1, -0.05) is 25.4 Å². The summed E-state index contributed by atoms with van der Waals surface area (Å²) in [6, 6.07) is 8.41. The van der Waals surface area contributed by atoms with Crippen LogP contribution in [0.4, 0.5) is 15.8 Å². The molecule has 3 atom stereocenters. The summed E-state index contributed by atoms with van der Waals surface area (Å²) in [7, 11) is 1.40. The number of piperidine rings is 1. The van der Waals surface area contributed by atoms with E-state index in [1.807, 2.05) is 15.9 Å². The molecule has 2 aliphatic heterocycles. The molecule has 1 aliphatic carbocycles. The van der Waals surface area contributed by atoms with E-state index in [-0.39, 0.29) is 22.3 Å². The molecule has 0 radical (unpaired) electrons. The van der Waals surface area contributed by atoms with Crippen LogP contribution in [0.1, 0.15) is 36.5 Å². The number of rotatable bonds is 4. The Labute approximate surface area is 191 Å². The van der Waals surface area contributed by atoms with Crippen molar-refractivity contribution in [1.29, 1.82) is 0 Å². The summed E-state index contributed by atoms with van der Waals surface area (Å²) in [5.74, 6) is 0.344. The molecule has 0 unspecified atom stereocenters. The molecule has 5 rings (SSSR count). The van der Waals surface area contributed by atoms with Crippen LogP contribution < -0.4 is 4.90 Å². The van der Waals surface area contributed by atoms with E-state index in [0.29, 0.717) is 55.2 Å². The van der Waals surface area contributed by atoms with Crippen LogP contribution in [0.25, 0.3) is 0 Å². The standard InChI is InChI=1S/C24H25ClFN3O3/c1-24(2)12-29(13-4-5-17(25)18(26)8-13)20-7-6-19(27-22(20)24)23(31)28-10-15-14(16(15)11-28)9-21(30)32-3/h4-8,14-16H,9-12H2,1-3H3/t14-,15-,16+. The topological polar surface area (TPSA) is 62.7 Å². The summed E-state index contributed by atoms with van der Waals surface area (Å²) in [5, 5.41) is 0.0870. The van der Waals surface area contributed by atoms with Gasteiger partial charge in [-0.05, 0) is 48.1 Å². The van der Waals surface area contributed by atoms with Crippen molar-refractivity contribution < 1.29 is 18.7 Å². The highest BCUT2D eigenvalue weighted by Gasteiger charge is 2.57. The predicted molar refractivity (Wildman–Crippen MR) is 119 cm³/mol. The zero-order valence-electron chi connectivity index (χ0n) is 18.3. The number of likely N-dealkylation sites (tertiary alicyclic amines) is 1. The number of hydrogen-bond donors (Lipinski definition) is 0. The molecule has 1 aromatic heterocycles. The van der Waals surface area contributed by atoms with Gasteiger partial charge in [0.25, 0.3) is 5.91 Å². The van der Waals surface area contributed by atoms with Gasteiger partial charge < -0.3 is 14.5 Å². The molecular weight excluding hydrogens is 433 g/mol. The average molecular weight is 458 g/mol. The number of anilines is 2. The number of esters is 1. The molecule has 1 aromatic carbocycles. The largest absolute Gasteiger partial charge is 0.469 e. The highest BCUT2D eigenvalue weighted by atomic mass is 35.5. The lowest BCUT2D eigenvalue weighted by Crippen LogP contribution is -2.33. The van der Waals surface area contributed by atoms with Gasteiger partial charge in [0.15, 0.2) is 0 Å². The Morgan fingerprint density at radius 2 is 1.94 bits per heavy atom. The third-order valence-corrected chi connectivity index (χ3v) is 7.39. The highest BCUT2D eigenvalue weighted by Crippen LogP contribution is 2.54. The molecule has 2 fully saturated rings. The number of pyridine rings is 1. The molecular formula is C24H25ClFN3O3. The van der Waals surface area contributed by atoms with E-state index in [1.54, 1.807) is 18.2 Å². The van der Waals surface area contributed by atoms with Gasteiger partial charge in [0.05, 0.1) is 23.5 Å². The van der Waals surface area contributed by atoms with Crippen molar-refractivity contribution in [2.75, 3.05) is 31.6 Å². The molecule has 6 nitrogen and oxygen atoms in total. The van der Waals surface area contributed by atoms with E-state index in [0.717, 1.165) is 11.4 Å². The lowest BCUT2D eigenvalue weighted by Gasteiger charge is -2.22. The lowest BCUT2D eigenvalue weighted by atomic mass is 9.91. The maximum atomic E-state index is 14.0. The Bertz CT molecular complexity index is 1110. The van der Waals surface area contributed by atoms with Gasteiger partial charge in [-0.15, -0.1) is 0 Å². The van der Waals surface area contributed by atoms with Gasteiger partial charge in [-0.3, -0.25) is 9.59 Å². The summed E-state index contributed by atoms with van der Waals surface area (Å²) in [6.07, 6.45) is 0.431. The Balaban J connectivity index is 1.34. The van der Waals surface area contributed by atoms with Crippen LogP contribution >= 0.6 is 11.6 Å². The van der Waals surface area contributed by atoms with Crippen LogP contribution in [-0.2, 0) is 14.9 Å². The van der Waals surface area contributed by atoms with E-state index >= 15 is 0 Å². The second-order valence-corrected chi connectivity index (χ2v) is 10.0. The molecule has 3 heterocycles. The van der Waals surface area contributed by atoms with Crippen molar-refractivity contribution in [3.63, 3.8) is 0 Å². The van der Waals surface area contributed by atoms with Gasteiger partial charge in [0.2, 0.25) is 0 Å². The fraction of sp³-hybridized carbons (Fsp3) is 0.458. The second-order valence-electron chi connectivity index (χ2n) is 9.61. The SMILES string of the molecule is COC(=O)C[C@@H]1[C@H]2CN(C(=O)c3ccc4c(n3)C(C)(C)CN4c3ccc(Cl)c(F)c3)C[C@@H]12. The van der Waals surface area contributed by atoms with Crippen LogP contribution in [-0.4, -0.2) is 48.5 Å². The van der Waals surface area contributed by atoms with Crippen molar-refractivity contribution >= 4 is 34.9 Å². The molecule has 1 amide bonds. The van der Waals surface area contributed by atoms with Crippen molar-refractivity contribution in [3.05, 3.63) is 52.6 Å². The molecule has 0 spiro atoms. The van der Waals surface area contributed by atoms with Gasteiger partial charge >= 0.3 is 5.97 Å². The van der Waals surface area contributed by atoms with E-state index in [4.69, 9.17) is 21.3 Å². The number of halogens is 2. The van der Waals surface area contributed by atoms with E-state index < -0.39 is 5.82 Å². The van der Waals surface area contributed by atoms with Gasteiger partial charge in [0, 0.05) is 37.2 Å². The maximum Gasteiger partial charge on any atom is 0.305 e. The molecule has 1 saturated heterocycles. The predicted octanol–water partition coefficient (Wildman–Crippen LogP) is 4.18. The molecule has 8 heteroatoms. The number of aromatic nitrogens is 1. The minimum Gasteiger partial charge on any atom is -0.469 e. The number of amides is 1. The smallest absolute Gasteiger partial charge is 0.305 e. The number of fused-ring (bicyclic) bond motifs is 2. The fourth-order valence-electron chi connectivity index (χ4n) is 5.28. The minimum absolute atomic E-state index is 0.0800. The van der Waals surface area contributed by atoms with Gasteiger partial charge in [-0.25, -0.2) is 9.37 Å². The summed E-state index contributed by atoms with van der Waals surface area (Å²) in [4.78, 5) is 33.3. The summed E-state index contributed by atoms with van der Waals surface area (Å²) >= 11 is 5.84. The second kappa shape index (κ2) is 7.44. The molecule has 1 saturated carbocycles. The monoisotopic (exact) mass is 457 g/mol. The van der Waals surface area contributed by atoms with E-state index in [2.05, 4.69) is 13.8 Å².